The van der Waals surface area contributed by atoms with E-state index in [1.165, 1.54) is 4.88 Å². The van der Waals surface area contributed by atoms with E-state index in [4.69, 9.17) is 0 Å². The van der Waals surface area contributed by atoms with Crippen LogP contribution in [0.25, 0.3) is 0 Å². The number of hydrogen-bond donors (Lipinski definition) is 1. The summed E-state index contributed by atoms with van der Waals surface area (Å²) in [6.45, 7) is 1.95. The molecular weight excluding hydrogens is 270 g/mol. The minimum absolute atomic E-state index is 0.00452. The van der Waals surface area contributed by atoms with Crippen molar-refractivity contribution in [2.45, 2.75) is 25.8 Å². The summed E-state index contributed by atoms with van der Waals surface area (Å²) >= 11 is 1.66. The monoisotopic (exact) mass is 287 g/mol. The van der Waals surface area contributed by atoms with Crippen LogP contribution in [-0.4, -0.2) is 31.9 Å². The zero-order chi connectivity index (χ0) is 13.2. The molecule has 6 heteroatoms. The normalized spacial score (nSPS) is 23.7. The Bertz CT molecular complexity index is 507. The Morgan fingerprint density at radius 2 is 2.39 bits per heavy atom. The molecular formula is C12H17NO3S2. The molecule has 100 valence electrons. The van der Waals surface area contributed by atoms with Crippen molar-refractivity contribution >= 4 is 27.1 Å². The fraction of sp³-hybridized carbons (Fsp3) is 0.583. The zero-order valence-electron chi connectivity index (χ0n) is 10.3. The summed E-state index contributed by atoms with van der Waals surface area (Å²) < 4.78 is 22.6. The fourth-order valence-electron chi connectivity index (χ4n) is 2.14. The van der Waals surface area contributed by atoms with E-state index in [-0.39, 0.29) is 29.4 Å². The van der Waals surface area contributed by atoms with Gasteiger partial charge in [0.1, 0.15) is 0 Å². The average molecular weight is 287 g/mol. The van der Waals surface area contributed by atoms with Gasteiger partial charge in [0.05, 0.1) is 17.4 Å². The number of carbonyl (C=O) groups excluding carboxylic acids is 1. The summed E-state index contributed by atoms with van der Waals surface area (Å²) in [7, 11) is -2.98. The molecule has 0 unspecified atom stereocenters. The summed E-state index contributed by atoms with van der Waals surface area (Å²) in [6, 6.07) is 4.06. The van der Waals surface area contributed by atoms with E-state index in [9.17, 15) is 13.2 Å². The standard InChI is InChI=1S/C12H17NO3S2/c1-9(7-11-3-2-5-17-11)13-12(14)10-4-6-18(15,16)8-10/h2-3,5,9-10H,4,6-8H2,1H3,(H,13,14)/t9-,10-/m0/s1. The number of carbonyl (C=O) groups is 1. The van der Waals surface area contributed by atoms with E-state index in [0.717, 1.165) is 6.42 Å². The predicted octanol–water partition coefficient (Wildman–Crippen LogP) is 1.23. The molecule has 18 heavy (non-hydrogen) atoms. The quantitative estimate of drug-likeness (QED) is 0.906. The average Bonchev–Trinajstić information content (AvgIpc) is 2.87. The van der Waals surface area contributed by atoms with Crippen molar-refractivity contribution in [3.8, 4) is 0 Å². The van der Waals surface area contributed by atoms with Crippen molar-refractivity contribution in [1.29, 1.82) is 0 Å². The van der Waals surface area contributed by atoms with Gasteiger partial charge >= 0.3 is 0 Å². The fourth-order valence-corrected chi connectivity index (χ4v) is 4.72. The van der Waals surface area contributed by atoms with E-state index < -0.39 is 9.84 Å². The van der Waals surface area contributed by atoms with Crippen molar-refractivity contribution in [2.75, 3.05) is 11.5 Å². The first-order valence-corrected chi connectivity index (χ1v) is 8.69. The molecule has 2 rings (SSSR count). The summed E-state index contributed by atoms with van der Waals surface area (Å²) in [5, 5.41) is 4.91. The van der Waals surface area contributed by atoms with Gasteiger partial charge in [-0.25, -0.2) is 8.42 Å². The van der Waals surface area contributed by atoms with Gasteiger partial charge in [-0.3, -0.25) is 4.79 Å². The van der Waals surface area contributed by atoms with Crippen molar-refractivity contribution in [3.63, 3.8) is 0 Å². The number of amides is 1. The molecule has 2 heterocycles. The lowest BCUT2D eigenvalue weighted by molar-refractivity contribution is -0.124. The first kappa shape index (κ1) is 13.5. The first-order chi connectivity index (χ1) is 8.46. The van der Waals surface area contributed by atoms with Crippen LogP contribution in [0.5, 0.6) is 0 Å². The van der Waals surface area contributed by atoms with Crippen LogP contribution in [0, 0.1) is 5.92 Å². The van der Waals surface area contributed by atoms with Gasteiger partial charge in [-0.2, -0.15) is 0 Å². The number of thiophene rings is 1. The molecule has 1 aliphatic rings. The van der Waals surface area contributed by atoms with E-state index >= 15 is 0 Å². The Morgan fingerprint density at radius 1 is 1.61 bits per heavy atom. The molecule has 1 fully saturated rings. The van der Waals surface area contributed by atoms with Crippen LogP contribution in [0.15, 0.2) is 17.5 Å². The molecule has 1 N–H and O–H groups in total. The van der Waals surface area contributed by atoms with Gasteiger partial charge in [0, 0.05) is 17.3 Å². The number of nitrogens with one attached hydrogen (secondary N) is 1. The molecule has 1 aliphatic heterocycles. The third kappa shape index (κ3) is 3.55. The molecule has 0 aliphatic carbocycles. The molecule has 1 aromatic heterocycles. The minimum Gasteiger partial charge on any atom is -0.353 e. The number of rotatable bonds is 4. The summed E-state index contributed by atoms with van der Waals surface area (Å²) in [5.74, 6) is -0.337. The molecule has 0 spiro atoms. The van der Waals surface area contributed by atoms with Gasteiger partial charge in [0.15, 0.2) is 9.84 Å². The summed E-state index contributed by atoms with van der Waals surface area (Å²) in [5.41, 5.74) is 0. The van der Waals surface area contributed by atoms with Gasteiger partial charge < -0.3 is 5.32 Å². The maximum Gasteiger partial charge on any atom is 0.224 e. The largest absolute Gasteiger partial charge is 0.353 e. The molecule has 0 radical (unpaired) electrons. The number of sulfone groups is 1. The maximum absolute atomic E-state index is 11.9. The molecule has 0 saturated carbocycles. The first-order valence-electron chi connectivity index (χ1n) is 5.99. The Morgan fingerprint density at radius 3 is 2.94 bits per heavy atom. The Balaban J connectivity index is 1.84. The molecule has 1 saturated heterocycles. The van der Waals surface area contributed by atoms with Crippen molar-refractivity contribution < 1.29 is 13.2 Å². The minimum atomic E-state index is -2.98. The Labute approximate surface area is 111 Å². The molecule has 2 atom stereocenters. The lowest BCUT2D eigenvalue weighted by atomic mass is 10.1. The Hall–Kier alpha value is -0.880. The Kier molecular flexibility index (Phi) is 4.07. The SMILES string of the molecule is C[C@@H](Cc1cccs1)NC(=O)[C@H]1CCS(=O)(=O)C1. The third-order valence-corrected chi connectivity index (χ3v) is 5.75. The van der Waals surface area contributed by atoms with E-state index in [1.54, 1.807) is 11.3 Å². The molecule has 0 aromatic carbocycles. The van der Waals surface area contributed by atoms with Gasteiger partial charge in [0.25, 0.3) is 0 Å². The molecule has 0 bridgehead atoms. The topological polar surface area (TPSA) is 63.2 Å². The predicted molar refractivity (Wildman–Crippen MR) is 72.4 cm³/mol. The van der Waals surface area contributed by atoms with Crippen LogP contribution in [-0.2, 0) is 21.1 Å². The second-order valence-electron chi connectivity index (χ2n) is 4.79. The molecule has 1 amide bonds. The lowest BCUT2D eigenvalue weighted by Crippen LogP contribution is -2.38. The van der Waals surface area contributed by atoms with Crippen molar-refractivity contribution in [3.05, 3.63) is 22.4 Å². The summed E-state index contributed by atoms with van der Waals surface area (Å²) in [6.07, 6.45) is 1.25. The highest BCUT2D eigenvalue weighted by Gasteiger charge is 2.33. The van der Waals surface area contributed by atoms with Gasteiger partial charge in [-0.15, -0.1) is 11.3 Å². The van der Waals surface area contributed by atoms with Crippen molar-refractivity contribution in [2.24, 2.45) is 5.92 Å². The maximum atomic E-state index is 11.9. The highest BCUT2D eigenvalue weighted by molar-refractivity contribution is 7.91. The van der Waals surface area contributed by atoms with Crippen LogP contribution in [0.3, 0.4) is 0 Å². The smallest absolute Gasteiger partial charge is 0.224 e. The van der Waals surface area contributed by atoms with Crippen molar-refractivity contribution in [1.82, 2.24) is 5.32 Å². The van der Waals surface area contributed by atoms with E-state index in [2.05, 4.69) is 5.32 Å². The van der Waals surface area contributed by atoms with Crippen LogP contribution in [0.2, 0.25) is 0 Å². The third-order valence-electron chi connectivity index (χ3n) is 3.08. The van der Waals surface area contributed by atoms with E-state index in [0.29, 0.717) is 6.42 Å². The number of hydrogen-bond acceptors (Lipinski definition) is 4. The van der Waals surface area contributed by atoms with Crippen LogP contribution in [0.4, 0.5) is 0 Å². The highest BCUT2D eigenvalue weighted by Crippen LogP contribution is 2.19. The van der Waals surface area contributed by atoms with E-state index in [1.807, 2.05) is 24.4 Å². The summed E-state index contributed by atoms with van der Waals surface area (Å²) in [4.78, 5) is 13.1. The molecule has 4 nitrogen and oxygen atoms in total. The lowest BCUT2D eigenvalue weighted by Gasteiger charge is -2.15. The van der Waals surface area contributed by atoms with Gasteiger partial charge in [0.2, 0.25) is 5.91 Å². The van der Waals surface area contributed by atoms with Crippen LogP contribution in [0.1, 0.15) is 18.2 Å². The zero-order valence-corrected chi connectivity index (χ0v) is 11.9. The molecule has 1 aromatic rings. The van der Waals surface area contributed by atoms with Gasteiger partial charge in [-0.05, 0) is 24.8 Å². The van der Waals surface area contributed by atoms with Gasteiger partial charge in [-0.1, -0.05) is 6.07 Å². The van der Waals surface area contributed by atoms with Crippen LogP contribution < -0.4 is 5.32 Å². The second-order valence-corrected chi connectivity index (χ2v) is 8.05. The second kappa shape index (κ2) is 5.40. The highest BCUT2D eigenvalue weighted by atomic mass is 32.2. The van der Waals surface area contributed by atoms with Crippen LogP contribution >= 0.6 is 11.3 Å².